The van der Waals surface area contributed by atoms with Gasteiger partial charge in [-0.15, -0.1) is 0 Å². The van der Waals surface area contributed by atoms with Gasteiger partial charge in [0.25, 0.3) is 0 Å². The lowest BCUT2D eigenvalue weighted by Gasteiger charge is -2.19. The van der Waals surface area contributed by atoms with E-state index in [-0.39, 0.29) is 6.54 Å². The van der Waals surface area contributed by atoms with E-state index in [4.69, 9.17) is 0 Å². The minimum absolute atomic E-state index is 0.00296. The molecule has 3 nitrogen and oxygen atoms in total. The van der Waals surface area contributed by atoms with Gasteiger partial charge in [0.1, 0.15) is 0 Å². The predicted octanol–water partition coefficient (Wildman–Crippen LogP) is -0.201. The minimum Gasteiger partial charge on any atom is -0.548 e. The number of hydrogen-bond acceptors (Lipinski definition) is 3. The third-order valence-corrected chi connectivity index (χ3v) is 2.30. The van der Waals surface area contributed by atoms with Gasteiger partial charge in [-0.1, -0.05) is 18.2 Å². The van der Waals surface area contributed by atoms with E-state index in [1.807, 2.05) is 29.2 Å². The van der Waals surface area contributed by atoms with Crippen molar-refractivity contribution >= 4 is 11.7 Å². The molecular formula is C10H10NO2-. The van der Waals surface area contributed by atoms with Crippen molar-refractivity contribution in [1.82, 2.24) is 0 Å². The van der Waals surface area contributed by atoms with Crippen molar-refractivity contribution in [3.8, 4) is 0 Å². The van der Waals surface area contributed by atoms with Crippen LogP contribution < -0.4 is 10.0 Å². The summed E-state index contributed by atoms with van der Waals surface area (Å²) in [4.78, 5) is 12.3. The van der Waals surface area contributed by atoms with Crippen LogP contribution in [0.2, 0.25) is 0 Å². The van der Waals surface area contributed by atoms with Crippen LogP contribution in [0.3, 0.4) is 0 Å². The molecule has 3 heteroatoms. The third kappa shape index (κ3) is 1.49. The fraction of sp³-hybridized carbons (Fsp3) is 0.300. The number of benzene rings is 1. The zero-order valence-corrected chi connectivity index (χ0v) is 7.19. The molecule has 0 unspecified atom stereocenters. The maximum Gasteiger partial charge on any atom is 0.0608 e. The molecule has 1 aliphatic rings. The summed E-state index contributed by atoms with van der Waals surface area (Å²) < 4.78 is 0. The average molecular weight is 176 g/mol. The van der Waals surface area contributed by atoms with Gasteiger partial charge in [-0.2, -0.15) is 0 Å². The van der Waals surface area contributed by atoms with Gasteiger partial charge in [0.2, 0.25) is 0 Å². The van der Waals surface area contributed by atoms with Crippen LogP contribution in [0.4, 0.5) is 5.69 Å². The van der Waals surface area contributed by atoms with Crippen molar-refractivity contribution in [1.29, 1.82) is 0 Å². The highest BCUT2D eigenvalue weighted by atomic mass is 16.4. The van der Waals surface area contributed by atoms with Crippen molar-refractivity contribution < 1.29 is 9.90 Å². The first-order valence-corrected chi connectivity index (χ1v) is 4.30. The van der Waals surface area contributed by atoms with E-state index < -0.39 is 5.97 Å². The number of carbonyl (C=O) groups is 1. The molecule has 13 heavy (non-hydrogen) atoms. The minimum atomic E-state index is -1.02. The second kappa shape index (κ2) is 3.09. The summed E-state index contributed by atoms with van der Waals surface area (Å²) in [5.41, 5.74) is 2.26. The van der Waals surface area contributed by atoms with Gasteiger partial charge in [0, 0.05) is 12.2 Å². The van der Waals surface area contributed by atoms with Crippen LogP contribution in [0.25, 0.3) is 0 Å². The number of anilines is 1. The Labute approximate surface area is 76.6 Å². The molecule has 0 aliphatic carbocycles. The Morgan fingerprint density at radius 2 is 2.23 bits per heavy atom. The fourth-order valence-corrected chi connectivity index (χ4v) is 1.73. The normalized spacial score (nSPS) is 14.3. The number of rotatable bonds is 2. The Morgan fingerprint density at radius 1 is 1.46 bits per heavy atom. The summed E-state index contributed by atoms with van der Waals surface area (Å²) in [5, 5.41) is 10.4. The number of fused-ring (bicyclic) bond motifs is 1. The number of aliphatic carboxylic acids is 1. The molecule has 0 atom stereocenters. The van der Waals surface area contributed by atoms with Crippen LogP contribution in [0.1, 0.15) is 5.56 Å². The molecule has 0 N–H and O–H groups in total. The van der Waals surface area contributed by atoms with E-state index in [1.54, 1.807) is 0 Å². The summed E-state index contributed by atoms with van der Waals surface area (Å²) in [7, 11) is 0. The van der Waals surface area contributed by atoms with Crippen molar-refractivity contribution in [3.05, 3.63) is 29.8 Å². The van der Waals surface area contributed by atoms with Gasteiger partial charge < -0.3 is 14.8 Å². The number of carboxylic acid groups (broad SMARTS) is 1. The van der Waals surface area contributed by atoms with Crippen molar-refractivity contribution in [2.24, 2.45) is 0 Å². The molecule has 0 radical (unpaired) electrons. The van der Waals surface area contributed by atoms with Crippen molar-refractivity contribution in [2.75, 3.05) is 18.0 Å². The standard InChI is InChI=1S/C10H11NO2/c12-10(13)7-11-6-5-8-3-1-2-4-9(8)11/h1-4H,5-7H2,(H,12,13)/p-1. The number of hydrogen-bond donors (Lipinski definition) is 0. The van der Waals surface area contributed by atoms with Gasteiger partial charge in [-0.25, -0.2) is 0 Å². The molecule has 0 saturated carbocycles. The fourth-order valence-electron chi connectivity index (χ4n) is 1.73. The molecule has 0 aromatic heterocycles. The molecule has 1 aromatic carbocycles. The summed E-state index contributed by atoms with van der Waals surface area (Å²) in [5.74, 6) is -1.02. The van der Waals surface area contributed by atoms with Crippen LogP contribution in [-0.4, -0.2) is 19.1 Å². The first kappa shape index (κ1) is 8.10. The highest BCUT2D eigenvalue weighted by Gasteiger charge is 2.17. The Hall–Kier alpha value is -1.51. The van der Waals surface area contributed by atoms with Crippen molar-refractivity contribution in [2.45, 2.75) is 6.42 Å². The molecule has 0 fully saturated rings. The summed E-state index contributed by atoms with van der Waals surface area (Å²) in [6, 6.07) is 7.88. The lowest BCUT2D eigenvalue weighted by molar-refractivity contribution is -0.303. The molecule has 0 saturated heterocycles. The molecule has 1 aliphatic heterocycles. The molecule has 68 valence electrons. The quantitative estimate of drug-likeness (QED) is 0.626. The third-order valence-electron chi connectivity index (χ3n) is 2.30. The highest BCUT2D eigenvalue weighted by molar-refractivity contribution is 5.73. The van der Waals surface area contributed by atoms with Crippen LogP contribution in [0.15, 0.2) is 24.3 Å². The van der Waals surface area contributed by atoms with Crippen LogP contribution in [0, 0.1) is 0 Å². The van der Waals surface area contributed by atoms with E-state index in [1.165, 1.54) is 5.56 Å². The van der Waals surface area contributed by atoms with Gasteiger partial charge in [-0.05, 0) is 18.1 Å². The molecular weight excluding hydrogens is 166 g/mol. The van der Waals surface area contributed by atoms with E-state index in [0.717, 1.165) is 18.7 Å². The van der Waals surface area contributed by atoms with Crippen LogP contribution in [0.5, 0.6) is 0 Å². The Balaban J connectivity index is 2.23. The summed E-state index contributed by atoms with van der Waals surface area (Å²) in [6.45, 7) is 0.782. The van der Waals surface area contributed by atoms with E-state index in [9.17, 15) is 9.90 Å². The number of nitrogens with zero attached hydrogens (tertiary/aromatic N) is 1. The first-order valence-electron chi connectivity index (χ1n) is 4.30. The molecule has 0 amide bonds. The average Bonchev–Trinajstić information content (AvgIpc) is 2.48. The SMILES string of the molecule is O=C([O-])CN1CCc2ccccc21. The van der Waals surface area contributed by atoms with Crippen LogP contribution >= 0.6 is 0 Å². The van der Waals surface area contributed by atoms with Gasteiger partial charge in [0.15, 0.2) is 0 Å². The molecule has 0 spiro atoms. The Morgan fingerprint density at radius 3 is 3.00 bits per heavy atom. The lowest BCUT2D eigenvalue weighted by Crippen LogP contribution is -2.37. The number of carbonyl (C=O) groups excluding carboxylic acids is 1. The van der Waals surface area contributed by atoms with E-state index in [2.05, 4.69) is 0 Å². The summed E-state index contributed by atoms with van der Waals surface area (Å²) in [6.07, 6.45) is 0.934. The number of carboxylic acids is 1. The largest absolute Gasteiger partial charge is 0.548 e. The zero-order chi connectivity index (χ0) is 9.26. The molecule has 0 bridgehead atoms. The first-order chi connectivity index (χ1) is 6.27. The van der Waals surface area contributed by atoms with Gasteiger partial charge in [-0.3, -0.25) is 0 Å². The predicted molar refractivity (Wildman–Crippen MR) is 47.4 cm³/mol. The second-order valence-corrected chi connectivity index (χ2v) is 3.17. The maximum atomic E-state index is 10.4. The maximum absolute atomic E-state index is 10.4. The van der Waals surface area contributed by atoms with E-state index >= 15 is 0 Å². The van der Waals surface area contributed by atoms with Gasteiger partial charge >= 0.3 is 0 Å². The monoisotopic (exact) mass is 176 g/mol. The Kier molecular flexibility index (Phi) is 1.93. The topological polar surface area (TPSA) is 43.4 Å². The number of para-hydroxylation sites is 1. The smallest absolute Gasteiger partial charge is 0.0608 e. The van der Waals surface area contributed by atoms with Gasteiger partial charge in [0.05, 0.1) is 12.5 Å². The molecule has 1 aromatic rings. The van der Waals surface area contributed by atoms with E-state index in [0.29, 0.717) is 0 Å². The Bertz CT molecular complexity index is 335. The highest BCUT2D eigenvalue weighted by Crippen LogP contribution is 2.26. The lowest BCUT2D eigenvalue weighted by atomic mass is 10.2. The molecule has 1 heterocycles. The van der Waals surface area contributed by atoms with Crippen molar-refractivity contribution in [3.63, 3.8) is 0 Å². The second-order valence-electron chi connectivity index (χ2n) is 3.17. The van der Waals surface area contributed by atoms with Crippen LogP contribution in [-0.2, 0) is 11.2 Å². The molecule has 2 rings (SSSR count). The summed E-state index contributed by atoms with van der Waals surface area (Å²) >= 11 is 0. The zero-order valence-electron chi connectivity index (χ0n) is 7.19.